The van der Waals surface area contributed by atoms with Crippen molar-refractivity contribution in [3.8, 4) is 0 Å². The van der Waals surface area contributed by atoms with E-state index in [4.69, 9.17) is 0 Å². The summed E-state index contributed by atoms with van der Waals surface area (Å²) >= 11 is 0. The number of aryl methyl sites for hydroxylation is 2. The highest BCUT2D eigenvalue weighted by atomic mass is 15.4. The largest absolute Gasteiger partial charge is 0.363 e. The third-order valence-electron chi connectivity index (χ3n) is 4.56. The van der Waals surface area contributed by atoms with Gasteiger partial charge in [-0.1, -0.05) is 0 Å². The van der Waals surface area contributed by atoms with Crippen molar-refractivity contribution in [1.29, 1.82) is 0 Å². The first-order chi connectivity index (χ1) is 11.6. The third-order valence-corrected chi connectivity index (χ3v) is 4.56. The number of nitrogens with zero attached hydrogens (tertiary/aromatic N) is 6. The first kappa shape index (κ1) is 16.7. The van der Waals surface area contributed by atoms with Gasteiger partial charge >= 0.3 is 0 Å². The highest BCUT2D eigenvalue weighted by Crippen LogP contribution is 2.22. The van der Waals surface area contributed by atoms with E-state index in [1.54, 1.807) is 0 Å². The van der Waals surface area contributed by atoms with Crippen molar-refractivity contribution in [2.24, 2.45) is 7.05 Å². The zero-order chi connectivity index (χ0) is 17.1. The van der Waals surface area contributed by atoms with Gasteiger partial charge in [0.15, 0.2) is 0 Å². The molecule has 130 valence electrons. The summed E-state index contributed by atoms with van der Waals surface area (Å²) in [6, 6.07) is 2.30. The van der Waals surface area contributed by atoms with E-state index in [1.807, 2.05) is 30.2 Å². The van der Waals surface area contributed by atoms with Crippen molar-refractivity contribution in [2.75, 3.05) is 37.0 Å². The molecular formula is C17H27N7. The van der Waals surface area contributed by atoms with E-state index in [9.17, 15) is 0 Å². The molecule has 0 bridgehead atoms. The van der Waals surface area contributed by atoms with E-state index in [1.165, 1.54) is 17.8 Å². The molecule has 24 heavy (non-hydrogen) atoms. The van der Waals surface area contributed by atoms with Crippen molar-refractivity contribution >= 4 is 11.8 Å². The second-order valence-electron chi connectivity index (χ2n) is 6.62. The topological polar surface area (TPSA) is 62.1 Å². The van der Waals surface area contributed by atoms with Crippen molar-refractivity contribution < 1.29 is 0 Å². The van der Waals surface area contributed by atoms with Crippen LogP contribution in [0.2, 0.25) is 0 Å². The minimum atomic E-state index is 0.442. The molecule has 7 heteroatoms. The number of hydrogen-bond acceptors (Lipinski definition) is 6. The number of piperidine rings is 1. The normalized spacial score (nSPS) is 18.0. The van der Waals surface area contributed by atoms with Gasteiger partial charge in [-0.25, -0.2) is 9.97 Å². The molecule has 1 unspecified atom stereocenters. The second-order valence-corrected chi connectivity index (χ2v) is 6.62. The van der Waals surface area contributed by atoms with E-state index < -0.39 is 0 Å². The molecule has 1 saturated heterocycles. The van der Waals surface area contributed by atoms with Gasteiger partial charge in [0.2, 0.25) is 5.95 Å². The van der Waals surface area contributed by atoms with Crippen molar-refractivity contribution in [3.05, 3.63) is 29.7 Å². The fraction of sp³-hybridized carbons (Fsp3) is 0.588. The molecule has 1 atom stereocenters. The maximum absolute atomic E-state index is 4.56. The second kappa shape index (κ2) is 7.17. The van der Waals surface area contributed by atoms with Crippen molar-refractivity contribution in [2.45, 2.75) is 32.4 Å². The van der Waals surface area contributed by atoms with Crippen LogP contribution in [-0.4, -0.2) is 53.0 Å². The Morgan fingerprint density at radius 2 is 2.04 bits per heavy atom. The lowest BCUT2D eigenvalue weighted by Gasteiger charge is -2.33. The quantitative estimate of drug-likeness (QED) is 0.893. The van der Waals surface area contributed by atoms with Gasteiger partial charge in [-0.2, -0.15) is 5.10 Å². The molecule has 0 aromatic carbocycles. The minimum Gasteiger partial charge on any atom is -0.363 e. The molecule has 3 heterocycles. The van der Waals surface area contributed by atoms with Gasteiger partial charge in [-0.3, -0.25) is 4.68 Å². The van der Waals surface area contributed by atoms with E-state index >= 15 is 0 Å². The maximum Gasteiger partial charge on any atom is 0.225 e. The summed E-state index contributed by atoms with van der Waals surface area (Å²) in [4.78, 5) is 13.1. The lowest BCUT2D eigenvalue weighted by molar-refractivity contribution is 0.418. The molecule has 0 aliphatic carbocycles. The summed E-state index contributed by atoms with van der Waals surface area (Å²) in [5, 5.41) is 8.27. The molecule has 1 aliphatic rings. The zero-order valence-corrected chi connectivity index (χ0v) is 15.0. The van der Waals surface area contributed by atoms with Gasteiger partial charge in [0.1, 0.15) is 5.82 Å². The van der Waals surface area contributed by atoms with Gasteiger partial charge in [-0.05, 0) is 25.8 Å². The molecule has 2 aromatic rings. The molecule has 0 amide bonds. The predicted octanol–water partition coefficient (Wildman–Crippen LogP) is 1.34. The highest BCUT2D eigenvalue weighted by molar-refractivity contribution is 5.48. The van der Waals surface area contributed by atoms with Crippen LogP contribution in [0.1, 0.15) is 24.1 Å². The van der Waals surface area contributed by atoms with Crippen LogP contribution in [-0.2, 0) is 13.6 Å². The Balaban J connectivity index is 1.65. The van der Waals surface area contributed by atoms with Crippen molar-refractivity contribution in [1.82, 2.24) is 25.1 Å². The van der Waals surface area contributed by atoms with Gasteiger partial charge < -0.3 is 15.1 Å². The Morgan fingerprint density at radius 3 is 2.75 bits per heavy atom. The Hall–Kier alpha value is -2.15. The maximum atomic E-state index is 4.56. The first-order valence-corrected chi connectivity index (χ1v) is 8.51. The monoisotopic (exact) mass is 329 g/mol. The molecule has 0 spiro atoms. The molecule has 2 aromatic heterocycles. The standard InChI is InChI=1S/C17H27N7/c1-13-15(16(22(2)3)23(4)21-13)11-20-14-7-5-10-24(12-14)17-18-8-6-9-19-17/h6,8-9,14,20H,5,7,10-12H2,1-4H3. The van der Waals surface area contributed by atoms with Crippen LogP contribution in [0.15, 0.2) is 18.5 Å². The Bertz CT molecular complexity index is 665. The molecule has 0 radical (unpaired) electrons. The van der Waals surface area contributed by atoms with E-state index in [0.717, 1.165) is 37.7 Å². The Kier molecular flexibility index (Phi) is 4.99. The van der Waals surface area contributed by atoms with Crippen LogP contribution in [0.3, 0.4) is 0 Å². The first-order valence-electron chi connectivity index (χ1n) is 8.51. The van der Waals surface area contributed by atoms with Crippen LogP contribution in [0.5, 0.6) is 0 Å². The molecule has 7 nitrogen and oxygen atoms in total. The van der Waals surface area contributed by atoms with Crippen LogP contribution in [0.25, 0.3) is 0 Å². The SMILES string of the molecule is Cc1nn(C)c(N(C)C)c1CNC1CCCN(c2ncccn2)C1. The van der Waals surface area contributed by atoms with E-state index in [0.29, 0.717) is 6.04 Å². The Labute approximate surface area is 143 Å². The van der Waals surface area contributed by atoms with E-state index in [-0.39, 0.29) is 0 Å². The lowest BCUT2D eigenvalue weighted by atomic mass is 10.1. The fourth-order valence-electron chi connectivity index (χ4n) is 3.48. The van der Waals surface area contributed by atoms with Gasteiger partial charge in [-0.15, -0.1) is 0 Å². The van der Waals surface area contributed by atoms with Gasteiger partial charge in [0.05, 0.1) is 5.69 Å². The summed E-state index contributed by atoms with van der Waals surface area (Å²) in [7, 11) is 6.13. The zero-order valence-electron chi connectivity index (χ0n) is 15.0. The summed E-state index contributed by atoms with van der Waals surface area (Å²) in [6.07, 6.45) is 5.95. The molecule has 1 N–H and O–H groups in total. The number of aromatic nitrogens is 4. The van der Waals surface area contributed by atoms with Crippen LogP contribution in [0.4, 0.5) is 11.8 Å². The molecule has 3 rings (SSSR count). The smallest absolute Gasteiger partial charge is 0.225 e. The summed E-state index contributed by atoms with van der Waals surface area (Å²) < 4.78 is 1.96. The lowest BCUT2D eigenvalue weighted by Crippen LogP contribution is -2.46. The fourth-order valence-corrected chi connectivity index (χ4v) is 3.48. The molecule has 1 fully saturated rings. The predicted molar refractivity (Wildman–Crippen MR) is 96.4 cm³/mol. The molecule has 0 saturated carbocycles. The van der Waals surface area contributed by atoms with Crippen molar-refractivity contribution in [3.63, 3.8) is 0 Å². The summed E-state index contributed by atoms with van der Waals surface area (Å²) in [6.45, 7) is 4.88. The van der Waals surface area contributed by atoms with Crippen LogP contribution >= 0.6 is 0 Å². The average Bonchev–Trinajstić information content (AvgIpc) is 2.87. The number of nitrogens with one attached hydrogen (secondary N) is 1. The number of hydrogen-bond donors (Lipinski definition) is 1. The third kappa shape index (κ3) is 3.51. The summed E-state index contributed by atoms with van der Waals surface area (Å²) in [5.41, 5.74) is 2.36. The Morgan fingerprint density at radius 1 is 1.29 bits per heavy atom. The van der Waals surface area contributed by atoms with Gasteiger partial charge in [0, 0.05) is 64.8 Å². The molecule has 1 aliphatic heterocycles. The van der Waals surface area contributed by atoms with Crippen LogP contribution in [0, 0.1) is 6.92 Å². The highest BCUT2D eigenvalue weighted by Gasteiger charge is 2.22. The van der Waals surface area contributed by atoms with E-state index in [2.05, 4.69) is 51.2 Å². The minimum absolute atomic E-state index is 0.442. The summed E-state index contributed by atoms with van der Waals surface area (Å²) in [5.74, 6) is 1.99. The van der Waals surface area contributed by atoms with Gasteiger partial charge in [0.25, 0.3) is 0 Å². The average molecular weight is 329 g/mol. The number of rotatable bonds is 5. The van der Waals surface area contributed by atoms with Crippen LogP contribution < -0.4 is 15.1 Å². The molecular weight excluding hydrogens is 302 g/mol. The number of anilines is 2.